The van der Waals surface area contributed by atoms with Gasteiger partial charge in [0.15, 0.2) is 4.34 Å². The quantitative estimate of drug-likeness (QED) is 0.380. The molecule has 0 radical (unpaired) electrons. The minimum Gasteiger partial charge on any atom is -0.497 e. The van der Waals surface area contributed by atoms with Crippen molar-refractivity contribution in [3.63, 3.8) is 0 Å². The summed E-state index contributed by atoms with van der Waals surface area (Å²) in [7, 11) is 1.67. The first-order valence-corrected chi connectivity index (χ1v) is 10.6. The highest BCUT2D eigenvalue weighted by atomic mass is 32.2. The molecule has 2 aromatic carbocycles. The molecule has 0 unspecified atom stereocenters. The molecule has 1 aromatic heterocycles. The second kappa shape index (κ2) is 10.2. The van der Waals surface area contributed by atoms with Crippen molar-refractivity contribution in [3.8, 4) is 11.5 Å². The van der Waals surface area contributed by atoms with E-state index in [4.69, 9.17) is 9.47 Å². The van der Waals surface area contributed by atoms with Crippen LogP contribution in [0.1, 0.15) is 17.5 Å². The molecule has 1 heterocycles. The van der Waals surface area contributed by atoms with Crippen molar-refractivity contribution >= 4 is 28.2 Å². The number of benzene rings is 2. The molecule has 0 saturated carbocycles. The van der Waals surface area contributed by atoms with Crippen LogP contribution in [0.5, 0.6) is 11.5 Å². The van der Waals surface area contributed by atoms with Gasteiger partial charge in [0.25, 0.3) is 0 Å². The summed E-state index contributed by atoms with van der Waals surface area (Å²) in [6.07, 6.45) is 0.965. The third-order valence-corrected chi connectivity index (χ3v) is 5.88. The summed E-state index contributed by atoms with van der Waals surface area (Å²) in [6.45, 7) is 3.49. The van der Waals surface area contributed by atoms with Gasteiger partial charge in [-0.05, 0) is 48.7 Å². The summed E-state index contributed by atoms with van der Waals surface area (Å²) < 4.78 is 11.9. The van der Waals surface area contributed by atoms with Gasteiger partial charge < -0.3 is 14.8 Å². The molecule has 0 bridgehead atoms. The molecule has 3 rings (SSSR count). The van der Waals surface area contributed by atoms with Gasteiger partial charge in [-0.1, -0.05) is 47.4 Å². The number of hydrogen-bond donors (Lipinski definition) is 1. The first kappa shape index (κ1) is 19.5. The number of nitrogens with zero attached hydrogens (tertiary/aromatic N) is 2. The highest BCUT2D eigenvalue weighted by Gasteiger charge is 2.05. The average Bonchev–Trinajstić information content (AvgIpc) is 3.14. The number of methoxy groups -OCH3 is 1. The van der Waals surface area contributed by atoms with Crippen LogP contribution in [-0.2, 0) is 6.54 Å². The van der Waals surface area contributed by atoms with Crippen LogP contribution in [0.15, 0.2) is 52.9 Å². The smallest absolute Gasteiger partial charge is 0.206 e. The number of rotatable bonds is 10. The molecule has 142 valence electrons. The molecule has 0 atom stereocenters. The topological polar surface area (TPSA) is 56.3 Å². The third kappa shape index (κ3) is 6.45. The minimum atomic E-state index is 0.706. The lowest BCUT2D eigenvalue weighted by molar-refractivity contribution is 0.318. The molecule has 7 heteroatoms. The Morgan fingerprint density at radius 2 is 1.93 bits per heavy atom. The zero-order chi connectivity index (χ0) is 18.9. The van der Waals surface area contributed by atoms with Crippen LogP contribution in [0, 0.1) is 6.92 Å². The van der Waals surface area contributed by atoms with Crippen molar-refractivity contribution in [2.75, 3.05) is 24.8 Å². The number of thioether (sulfide) groups is 1. The maximum atomic E-state index is 5.77. The van der Waals surface area contributed by atoms with Crippen molar-refractivity contribution in [2.24, 2.45) is 0 Å². The van der Waals surface area contributed by atoms with Crippen molar-refractivity contribution in [3.05, 3.63) is 59.7 Å². The molecule has 3 aromatic rings. The Labute approximate surface area is 168 Å². The first-order valence-electron chi connectivity index (χ1n) is 8.75. The van der Waals surface area contributed by atoms with Gasteiger partial charge in [-0.3, -0.25) is 0 Å². The maximum Gasteiger partial charge on any atom is 0.206 e. The van der Waals surface area contributed by atoms with Crippen LogP contribution in [0.3, 0.4) is 0 Å². The summed E-state index contributed by atoms with van der Waals surface area (Å²) >= 11 is 3.29. The molecular formula is C20H23N3O2S2. The largest absolute Gasteiger partial charge is 0.497 e. The lowest BCUT2D eigenvalue weighted by Gasteiger charge is -2.05. The van der Waals surface area contributed by atoms with Crippen molar-refractivity contribution in [1.82, 2.24) is 10.2 Å². The lowest BCUT2D eigenvalue weighted by atomic mass is 10.2. The van der Waals surface area contributed by atoms with Gasteiger partial charge in [-0.15, -0.1) is 10.2 Å². The predicted molar refractivity (Wildman–Crippen MR) is 112 cm³/mol. The fraction of sp³-hybridized carbons (Fsp3) is 0.300. The average molecular weight is 402 g/mol. The predicted octanol–water partition coefficient (Wildman–Crippen LogP) is 5.03. The van der Waals surface area contributed by atoms with Crippen molar-refractivity contribution in [2.45, 2.75) is 24.2 Å². The van der Waals surface area contributed by atoms with Crippen LogP contribution in [0.4, 0.5) is 5.13 Å². The molecule has 5 nitrogen and oxygen atoms in total. The van der Waals surface area contributed by atoms with Gasteiger partial charge in [0.2, 0.25) is 5.13 Å². The van der Waals surface area contributed by atoms with Crippen molar-refractivity contribution < 1.29 is 9.47 Å². The SMILES string of the molecule is COc1ccc(CNc2nnc(SCCCOc3cccc(C)c3)s2)cc1. The number of nitrogens with one attached hydrogen (secondary N) is 1. The van der Waals surface area contributed by atoms with E-state index in [9.17, 15) is 0 Å². The summed E-state index contributed by atoms with van der Waals surface area (Å²) in [5.74, 6) is 2.75. The molecule has 1 N–H and O–H groups in total. The van der Waals surface area contributed by atoms with Crippen LogP contribution in [0.2, 0.25) is 0 Å². The van der Waals surface area contributed by atoms with E-state index >= 15 is 0 Å². The summed E-state index contributed by atoms with van der Waals surface area (Å²) in [5.41, 5.74) is 2.39. The summed E-state index contributed by atoms with van der Waals surface area (Å²) in [6, 6.07) is 16.1. The van der Waals surface area contributed by atoms with Gasteiger partial charge >= 0.3 is 0 Å². The molecule has 0 saturated heterocycles. The molecule has 0 fully saturated rings. The van der Waals surface area contributed by atoms with E-state index in [1.807, 2.05) is 36.4 Å². The van der Waals surface area contributed by atoms with Crippen LogP contribution < -0.4 is 14.8 Å². The highest BCUT2D eigenvalue weighted by Crippen LogP contribution is 2.26. The number of aromatic nitrogens is 2. The van der Waals surface area contributed by atoms with E-state index in [1.165, 1.54) is 11.1 Å². The number of hydrogen-bond acceptors (Lipinski definition) is 7. The number of anilines is 1. The normalized spacial score (nSPS) is 10.6. The van der Waals surface area contributed by atoms with Gasteiger partial charge in [0, 0.05) is 12.3 Å². The maximum absolute atomic E-state index is 5.77. The molecule has 0 aliphatic rings. The van der Waals surface area contributed by atoms with E-state index in [0.29, 0.717) is 13.2 Å². The second-order valence-corrected chi connectivity index (χ2v) is 8.26. The lowest BCUT2D eigenvalue weighted by Crippen LogP contribution is -1.98. The zero-order valence-corrected chi connectivity index (χ0v) is 17.1. The van der Waals surface area contributed by atoms with Gasteiger partial charge in [0.05, 0.1) is 13.7 Å². The van der Waals surface area contributed by atoms with E-state index in [1.54, 1.807) is 30.2 Å². The molecule has 0 spiro atoms. The van der Waals surface area contributed by atoms with E-state index in [2.05, 4.69) is 34.6 Å². The fourth-order valence-corrected chi connectivity index (χ4v) is 4.11. The second-order valence-electron chi connectivity index (χ2n) is 5.94. The summed E-state index contributed by atoms with van der Waals surface area (Å²) in [5, 5.41) is 12.6. The molecule has 0 aliphatic carbocycles. The monoisotopic (exact) mass is 401 g/mol. The first-order chi connectivity index (χ1) is 13.2. The zero-order valence-electron chi connectivity index (χ0n) is 15.5. The Morgan fingerprint density at radius 3 is 2.70 bits per heavy atom. The van der Waals surface area contributed by atoms with E-state index in [-0.39, 0.29) is 0 Å². The Hall–Kier alpha value is -2.25. The molecule has 27 heavy (non-hydrogen) atoms. The minimum absolute atomic E-state index is 0.706. The van der Waals surface area contributed by atoms with E-state index in [0.717, 1.165) is 33.1 Å². The number of aryl methyl sites for hydroxylation is 1. The van der Waals surface area contributed by atoms with E-state index < -0.39 is 0 Å². The van der Waals surface area contributed by atoms with Crippen LogP contribution in [-0.4, -0.2) is 29.7 Å². The van der Waals surface area contributed by atoms with Crippen LogP contribution >= 0.6 is 23.1 Å². The van der Waals surface area contributed by atoms with Gasteiger partial charge in [-0.2, -0.15) is 0 Å². The van der Waals surface area contributed by atoms with Gasteiger partial charge in [0.1, 0.15) is 11.5 Å². The summed E-state index contributed by atoms with van der Waals surface area (Å²) in [4.78, 5) is 0. The fourth-order valence-electron chi connectivity index (χ4n) is 2.37. The highest BCUT2D eigenvalue weighted by molar-refractivity contribution is 8.01. The third-order valence-electron chi connectivity index (χ3n) is 3.78. The van der Waals surface area contributed by atoms with Crippen molar-refractivity contribution in [1.29, 1.82) is 0 Å². The van der Waals surface area contributed by atoms with Gasteiger partial charge in [-0.25, -0.2) is 0 Å². The number of ether oxygens (including phenoxy) is 2. The Kier molecular flexibility index (Phi) is 7.36. The van der Waals surface area contributed by atoms with Crippen LogP contribution in [0.25, 0.3) is 0 Å². The molecule has 0 aliphatic heterocycles. The Bertz CT molecular complexity index is 837. The molecule has 0 amide bonds. The Morgan fingerprint density at radius 1 is 1.07 bits per heavy atom. The molecular weight excluding hydrogens is 378 g/mol. The Balaban J connectivity index is 1.35. The standard InChI is InChI=1S/C20H23N3O2S2/c1-15-5-3-6-18(13-15)25-11-4-12-26-20-23-22-19(27-20)21-14-16-7-9-17(24-2)10-8-16/h3,5-10,13H,4,11-12,14H2,1-2H3,(H,21,22).